The van der Waals surface area contributed by atoms with E-state index in [1.165, 1.54) is 0 Å². The smallest absolute Gasteiger partial charge is 0.407 e. The van der Waals surface area contributed by atoms with E-state index in [4.69, 9.17) is 14.3 Å². The number of esters is 1. The molecule has 2 aromatic carbocycles. The molecule has 0 radical (unpaired) electrons. The SMILES string of the molecule is CC(C)OC(=O)[C@H](C)N(Oc1ccccc1CCNC(=O)OCc1ccccc1)[PH2]=O. The lowest BCUT2D eigenvalue weighted by Crippen LogP contribution is -2.37. The summed E-state index contributed by atoms with van der Waals surface area (Å²) in [5.41, 5.74) is 1.69. The second kappa shape index (κ2) is 12.8. The molecule has 31 heavy (non-hydrogen) atoms. The molecule has 0 saturated heterocycles. The number of hydrogen-bond donors (Lipinski definition) is 1. The first kappa shape index (κ1) is 24.4. The molecule has 2 aromatic rings. The number of benzene rings is 2. The first-order chi connectivity index (χ1) is 14.9. The Kier molecular flexibility index (Phi) is 10.1. The van der Waals surface area contributed by atoms with Crippen molar-refractivity contribution in [2.24, 2.45) is 0 Å². The van der Waals surface area contributed by atoms with Crippen LogP contribution in [0.2, 0.25) is 0 Å². The normalized spacial score (nSPS) is 12.2. The minimum absolute atomic E-state index is 0.192. The second-order valence-corrected chi connectivity index (χ2v) is 7.78. The van der Waals surface area contributed by atoms with Crippen molar-refractivity contribution in [2.75, 3.05) is 6.54 Å². The molecular weight excluding hydrogens is 419 g/mol. The minimum atomic E-state index is -1.53. The highest BCUT2D eigenvalue weighted by atomic mass is 31.1. The number of nitrogens with one attached hydrogen (secondary N) is 1. The van der Waals surface area contributed by atoms with Gasteiger partial charge in [-0.05, 0) is 44.4 Å². The minimum Gasteiger partial charge on any atom is -0.462 e. The molecule has 8 nitrogen and oxygen atoms in total. The number of hydroxylamine groups is 1. The number of para-hydroxylation sites is 1. The van der Waals surface area contributed by atoms with Crippen molar-refractivity contribution in [2.45, 2.75) is 45.9 Å². The van der Waals surface area contributed by atoms with Gasteiger partial charge in [-0.1, -0.05) is 53.4 Å². The van der Waals surface area contributed by atoms with Crippen LogP contribution in [-0.4, -0.2) is 35.6 Å². The van der Waals surface area contributed by atoms with Crippen LogP contribution in [0.1, 0.15) is 31.9 Å². The van der Waals surface area contributed by atoms with Gasteiger partial charge in [-0.2, -0.15) is 0 Å². The second-order valence-electron chi connectivity index (χ2n) is 7.06. The Morgan fingerprint density at radius 3 is 2.39 bits per heavy atom. The molecule has 0 aromatic heterocycles. The van der Waals surface area contributed by atoms with Gasteiger partial charge in [-0.25, -0.2) is 4.79 Å². The van der Waals surface area contributed by atoms with Crippen molar-refractivity contribution >= 4 is 20.7 Å². The number of carbonyl (C=O) groups excluding carboxylic acids is 2. The Morgan fingerprint density at radius 1 is 1.03 bits per heavy atom. The van der Waals surface area contributed by atoms with Gasteiger partial charge >= 0.3 is 12.1 Å². The van der Waals surface area contributed by atoms with Gasteiger partial charge in [0.05, 0.1) is 6.10 Å². The van der Waals surface area contributed by atoms with Crippen LogP contribution >= 0.6 is 8.61 Å². The number of hydrogen-bond acceptors (Lipinski definition) is 6. The topological polar surface area (TPSA) is 94.2 Å². The number of alkyl carbamates (subject to hydrolysis) is 1. The lowest BCUT2D eigenvalue weighted by atomic mass is 10.1. The third-order valence-corrected chi connectivity index (χ3v) is 4.99. The number of nitrogens with zero attached hydrogens (tertiary/aromatic N) is 1. The summed E-state index contributed by atoms with van der Waals surface area (Å²) in [5, 5.41) is 2.70. The van der Waals surface area contributed by atoms with E-state index < -0.39 is 26.7 Å². The highest BCUT2D eigenvalue weighted by molar-refractivity contribution is 7.20. The molecule has 0 bridgehead atoms. The Hall–Kier alpha value is -2.83. The quantitative estimate of drug-likeness (QED) is 0.318. The molecule has 1 amide bonds. The monoisotopic (exact) mass is 448 g/mol. The fraction of sp³-hybridized carbons (Fsp3) is 0.364. The summed E-state index contributed by atoms with van der Waals surface area (Å²) in [6, 6.07) is 15.7. The molecular formula is C22H29N2O6P. The van der Waals surface area contributed by atoms with Crippen molar-refractivity contribution in [3.05, 3.63) is 65.7 Å². The van der Waals surface area contributed by atoms with Crippen LogP contribution in [0, 0.1) is 0 Å². The van der Waals surface area contributed by atoms with Crippen LogP contribution in [0.4, 0.5) is 4.79 Å². The fourth-order valence-corrected chi connectivity index (χ4v) is 3.07. The number of rotatable bonds is 11. The fourth-order valence-electron chi connectivity index (χ4n) is 2.61. The molecule has 2 rings (SSSR count). The van der Waals surface area contributed by atoms with Crippen molar-refractivity contribution in [1.82, 2.24) is 10.2 Å². The highest BCUT2D eigenvalue weighted by Gasteiger charge is 2.25. The molecule has 0 spiro atoms. The standard InChI is InChI=1S/C22H29N2O6P/c1-16(2)29-21(25)17(3)24(31-27)30-20-12-8-7-11-19(20)13-14-23-22(26)28-15-18-9-5-4-6-10-18/h4-12,16-17H,13-15,31H2,1-3H3,(H,23,26)/t17-/m0/s1. The summed E-state index contributed by atoms with van der Waals surface area (Å²) in [4.78, 5) is 30.9. The van der Waals surface area contributed by atoms with Crippen LogP contribution in [0.15, 0.2) is 54.6 Å². The molecule has 2 atom stereocenters. The average Bonchev–Trinajstić information content (AvgIpc) is 2.76. The summed E-state index contributed by atoms with van der Waals surface area (Å²) < 4.78 is 22.0. The maximum atomic E-state index is 12.1. The van der Waals surface area contributed by atoms with Gasteiger partial charge in [0, 0.05) is 6.54 Å². The van der Waals surface area contributed by atoms with Gasteiger partial charge in [0.15, 0.2) is 14.4 Å². The van der Waals surface area contributed by atoms with Crippen molar-refractivity contribution in [3.63, 3.8) is 0 Å². The molecule has 1 N–H and O–H groups in total. The molecule has 0 saturated carbocycles. The molecule has 9 heteroatoms. The molecule has 0 fully saturated rings. The number of carbonyl (C=O) groups is 2. The van der Waals surface area contributed by atoms with Crippen LogP contribution in [0.25, 0.3) is 0 Å². The van der Waals surface area contributed by atoms with Crippen LogP contribution in [0.5, 0.6) is 5.75 Å². The van der Waals surface area contributed by atoms with Crippen LogP contribution < -0.4 is 10.2 Å². The highest BCUT2D eigenvalue weighted by Crippen LogP contribution is 2.24. The lowest BCUT2D eigenvalue weighted by Gasteiger charge is -2.24. The molecule has 1 unspecified atom stereocenters. The first-order valence-electron chi connectivity index (χ1n) is 10.0. The maximum Gasteiger partial charge on any atom is 0.407 e. The summed E-state index contributed by atoms with van der Waals surface area (Å²) in [5.74, 6) is -0.0619. The summed E-state index contributed by atoms with van der Waals surface area (Å²) >= 11 is 0. The summed E-state index contributed by atoms with van der Waals surface area (Å²) in [7, 11) is -1.53. The first-order valence-corrected chi connectivity index (χ1v) is 11.0. The van der Waals surface area contributed by atoms with Gasteiger partial charge in [0.2, 0.25) is 0 Å². The van der Waals surface area contributed by atoms with Crippen molar-refractivity contribution < 1.29 is 28.5 Å². The van der Waals surface area contributed by atoms with E-state index in [0.717, 1.165) is 16.0 Å². The Morgan fingerprint density at radius 2 is 1.71 bits per heavy atom. The Bertz CT molecular complexity index is 862. The average molecular weight is 448 g/mol. The van der Waals surface area contributed by atoms with E-state index in [1.54, 1.807) is 32.9 Å². The third kappa shape index (κ3) is 8.44. The van der Waals surface area contributed by atoms with E-state index in [-0.39, 0.29) is 12.7 Å². The molecule has 0 aliphatic carbocycles. The maximum absolute atomic E-state index is 12.1. The van der Waals surface area contributed by atoms with E-state index in [9.17, 15) is 14.2 Å². The molecule has 0 aliphatic rings. The molecule has 0 heterocycles. The van der Waals surface area contributed by atoms with E-state index >= 15 is 0 Å². The zero-order chi connectivity index (χ0) is 22.6. The Balaban J connectivity index is 1.88. The van der Waals surface area contributed by atoms with Gasteiger partial charge in [0.1, 0.15) is 12.6 Å². The zero-order valence-electron chi connectivity index (χ0n) is 17.9. The molecule has 168 valence electrons. The molecule has 0 aliphatic heterocycles. The largest absolute Gasteiger partial charge is 0.462 e. The summed E-state index contributed by atoms with van der Waals surface area (Å²) in [6.45, 7) is 5.57. The predicted octanol–water partition coefficient (Wildman–Crippen LogP) is 3.76. The third-order valence-electron chi connectivity index (χ3n) is 4.23. The van der Waals surface area contributed by atoms with E-state index in [2.05, 4.69) is 5.32 Å². The van der Waals surface area contributed by atoms with Gasteiger partial charge < -0.3 is 24.2 Å². The summed E-state index contributed by atoms with van der Waals surface area (Å²) in [6.07, 6.45) is -0.333. The zero-order valence-corrected chi connectivity index (χ0v) is 19.1. The van der Waals surface area contributed by atoms with Crippen LogP contribution in [-0.2, 0) is 31.9 Å². The van der Waals surface area contributed by atoms with E-state index in [1.807, 2.05) is 42.5 Å². The van der Waals surface area contributed by atoms with Gasteiger partial charge in [-0.3, -0.25) is 4.79 Å². The van der Waals surface area contributed by atoms with Gasteiger partial charge in [-0.15, -0.1) is 0 Å². The van der Waals surface area contributed by atoms with Crippen molar-refractivity contribution in [3.8, 4) is 5.75 Å². The lowest BCUT2D eigenvalue weighted by molar-refractivity contribution is -0.157. The predicted molar refractivity (Wildman–Crippen MR) is 118 cm³/mol. The van der Waals surface area contributed by atoms with Crippen LogP contribution in [0.3, 0.4) is 0 Å². The number of amides is 1. The van der Waals surface area contributed by atoms with Crippen molar-refractivity contribution in [1.29, 1.82) is 0 Å². The van der Waals surface area contributed by atoms with Gasteiger partial charge in [0.25, 0.3) is 0 Å². The number of ether oxygens (including phenoxy) is 2. The van der Waals surface area contributed by atoms with E-state index in [0.29, 0.717) is 18.7 Å². The Labute approximate surface area is 183 Å².